The van der Waals surface area contributed by atoms with E-state index in [4.69, 9.17) is 4.74 Å². The van der Waals surface area contributed by atoms with Crippen LogP contribution in [0.1, 0.15) is 48.8 Å². The Morgan fingerprint density at radius 2 is 1.89 bits per heavy atom. The number of hydrogen-bond acceptors (Lipinski definition) is 6. The highest BCUT2D eigenvalue weighted by Gasteiger charge is 2.78. The van der Waals surface area contributed by atoms with Crippen LogP contribution < -0.4 is 4.74 Å². The van der Waals surface area contributed by atoms with Crippen LogP contribution in [0.15, 0.2) is 48.0 Å². The van der Waals surface area contributed by atoms with E-state index in [-0.39, 0.29) is 28.9 Å². The van der Waals surface area contributed by atoms with Crippen molar-refractivity contribution in [3.05, 3.63) is 64.7 Å². The van der Waals surface area contributed by atoms with Crippen LogP contribution in [0.4, 0.5) is 0 Å². The fourth-order valence-corrected chi connectivity index (χ4v) is 8.95. The highest BCUT2D eigenvalue weighted by atomic mass is 16.5. The maximum atomic E-state index is 14.1. The van der Waals surface area contributed by atoms with Gasteiger partial charge in [-0.3, -0.25) is 9.69 Å². The summed E-state index contributed by atoms with van der Waals surface area (Å²) in [6, 6.07) is 10.9. The zero-order valence-electron chi connectivity index (χ0n) is 21.7. The number of piperidine rings is 1. The number of carbonyl (C=O) groups is 1. The van der Waals surface area contributed by atoms with Gasteiger partial charge in [0.25, 0.3) is 5.91 Å². The first-order valence-electron chi connectivity index (χ1n) is 14.0. The Labute approximate surface area is 222 Å². The molecular formula is C31H34N2O5. The number of likely N-dealkylation sites (N-methyl/N-ethyl adjacent to an activating group) is 1. The molecular weight excluding hydrogens is 480 g/mol. The molecule has 2 heterocycles. The summed E-state index contributed by atoms with van der Waals surface area (Å²) >= 11 is 0. The van der Waals surface area contributed by atoms with Crippen LogP contribution in [0, 0.1) is 11.3 Å². The first-order valence-corrected chi connectivity index (χ1v) is 14.0. The average molecular weight is 515 g/mol. The van der Waals surface area contributed by atoms with E-state index in [0.29, 0.717) is 24.3 Å². The Kier molecular flexibility index (Phi) is 4.42. The molecule has 2 saturated carbocycles. The fourth-order valence-electron chi connectivity index (χ4n) is 8.95. The molecule has 198 valence electrons. The molecule has 2 aromatic rings. The van der Waals surface area contributed by atoms with Gasteiger partial charge in [-0.05, 0) is 80.3 Å². The third-order valence-corrected chi connectivity index (χ3v) is 10.8. The highest BCUT2D eigenvalue weighted by molar-refractivity contribution is 5.97. The predicted octanol–water partition coefficient (Wildman–Crippen LogP) is 3.25. The number of amides is 1. The standard InChI is InChI=1S/C31H34N2O5/c1-32(16-18-4-7-21(34)8-5-18)27(36)22-15-29-10-11-31(22,37)28-30(29)12-13-33(17-19-2-3-19)24(29)14-20-6-9-23(35)26(38-28)25(20)30/h4-9,15,19,24,28,34-35,37H,2-3,10-14,16-17H2,1H3/t24-,28-,29-,30+,31-/m1/s1. The van der Waals surface area contributed by atoms with Gasteiger partial charge in [0.15, 0.2) is 11.5 Å². The Morgan fingerprint density at radius 3 is 2.66 bits per heavy atom. The minimum absolute atomic E-state index is 0.127. The molecule has 2 aromatic carbocycles. The number of rotatable bonds is 5. The molecule has 0 radical (unpaired) electrons. The summed E-state index contributed by atoms with van der Waals surface area (Å²) in [6.07, 6.45) is 7.16. The SMILES string of the molecule is CN(Cc1ccc(O)cc1)C(=O)C1=C[C@@]23CC[C@]1(O)[C@@H]1Oc4c(O)ccc5c4[C@@]12CCN(CC1CC1)[C@@H]3C5. The number of nitrogens with zero attached hydrogens (tertiary/aromatic N) is 2. The summed E-state index contributed by atoms with van der Waals surface area (Å²) in [5.74, 6) is 1.41. The maximum absolute atomic E-state index is 14.1. The van der Waals surface area contributed by atoms with E-state index >= 15 is 0 Å². The van der Waals surface area contributed by atoms with E-state index in [2.05, 4.69) is 17.0 Å². The van der Waals surface area contributed by atoms with Crippen molar-refractivity contribution < 1.29 is 24.9 Å². The number of phenols is 2. The van der Waals surface area contributed by atoms with Crippen LogP contribution in [0.3, 0.4) is 0 Å². The van der Waals surface area contributed by atoms with Crippen molar-refractivity contribution in [3.8, 4) is 17.2 Å². The third kappa shape index (κ3) is 2.69. The van der Waals surface area contributed by atoms with Crippen molar-refractivity contribution in [1.29, 1.82) is 0 Å². The van der Waals surface area contributed by atoms with E-state index in [1.54, 1.807) is 30.1 Å². The van der Waals surface area contributed by atoms with Gasteiger partial charge in [0.2, 0.25) is 0 Å². The lowest BCUT2D eigenvalue weighted by Gasteiger charge is -2.70. The second-order valence-electron chi connectivity index (χ2n) is 12.7. The summed E-state index contributed by atoms with van der Waals surface area (Å²) in [5, 5.41) is 33.0. The topological polar surface area (TPSA) is 93.5 Å². The molecule has 7 heteroatoms. The average Bonchev–Trinajstić information content (AvgIpc) is 3.65. The summed E-state index contributed by atoms with van der Waals surface area (Å²) in [7, 11) is 1.77. The number of ether oxygens (including phenoxy) is 1. The van der Waals surface area contributed by atoms with Crippen LogP contribution >= 0.6 is 0 Å². The number of carbonyl (C=O) groups excluding carboxylic acids is 1. The lowest BCUT2D eigenvalue weighted by Crippen LogP contribution is -2.78. The van der Waals surface area contributed by atoms with E-state index in [9.17, 15) is 20.1 Å². The summed E-state index contributed by atoms with van der Waals surface area (Å²) in [5.41, 5.74) is 1.47. The zero-order chi connectivity index (χ0) is 26.0. The maximum Gasteiger partial charge on any atom is 0.252 e. The zero-order valence-corrected chi connectivity index (χ0v) is 21.7. The second kappa shape index (κ2) is 7.33. The van der Waals surface area contributed by atoms with Crippen LogP contribution in [0.25, 0.3) is 0 Å². The van der Waals surface area contributed by atoms with Crippen LogP contribution in [-0.2, 0) is 23.2 Å². The Morgan fingerprint density at radius 1 is 1.11 bits per heavy atom. The summed E-state index contributed by atoms with van der Waals surface area (Å²) in [4.78, 5) is 18.4. The van der Waals surface area contributed by atoms with Gasteiger partial charge >= 0.3 is 0 Å². The molecule has 1 amide bonds. The first-order chi connectivity index (χ1) is 18.3. The van der Waals surface area contributed by atoms with E-state index < -0.39 is 17.1 Å². The van der Waals surface area contributed by atoms with Crippen molar-refractivity contribution in [3.63, 3.8) is 0 Å². The molecule has 4 bridgehead atoms. The van der Waals surface area contributed by atoms with Crippen molar-refractivity contribution in [1.82, 2.24) is 9.80 Å². The molecule has 9 rings (SSSR count). The molecule has 7 aliphatic rings. The molecule has 0 aromatic heterocycles. The largest absolute Gasteiger partial charge is 0.508 e. The van der Waals surface area contributed by atoms with Gasteiger partial charge in [-0.1, -0.05) is 24.3 Å². The smallest absolute Gasteiger partial charge is 0.252 e. The molecule has 5 atom stereocenters. The second-order valence-corrected chi connectivity index (χ2v) is 12.7. The monoisotopic (exact) mass is 514 g/mol. The van der Waals surface area contributed by atoms with Crippen LogP contribution in [-0.4, -0.2) is 68.9 Å². The number of aromatic hydroxyl groups is 2. The van der Waals surface area contributed by atoms with Gasteiger partial charge in [-0.15, -0.1) is 0 Å². The van der Waals surface area contributed by atoms with Crippen LogP contribution in [0.5, 0.6) is 17.2 Å². The Bertz CT molecular complexity index is 1400. The summed E-state index contributed by atoms with van der Waals surface area (Å²) in [6.45, 7) is 2.42. The Balaban J connectivity index is 1.26. The van der Waals surface area contributed by atoms with Crippen molar-refractivity contribution in [2.75, 3.05) is 20.1 Å². The van der Waals surface area contributed by atoms with Gasteiger partial charge in [0.05, 0.1) is 5.41 Å². The first kappa shape index (κ1) is 22.9. The van der Waals surface area contributed by atoms with Gasteiger partial charge < -0.3 is 25.0 Å². The molecule has 3 N–H and O–H groups in total. The van der Waals surface area contributed by atoms with E-state index in [0.717, 1.165) is 49.4 Å². The predicted molar refractivity (Wildman–Crippen MR) is 140 cm³/mol. The number of benzene rings is 2. The number of fused-ring (bicyclic) bond motifs is 1. The normalized spacial score (nSPS) is 35.9. The lowest BCUT2D eigenvalue weighted by atomic mass is 9.38. The molecule has 2 aliphatic heterocycles. The van der Waals surface area contributed by atoms with Crippen molar-refractivity contribution >= 4 is 5.91 Å². The van der Waals surface area contributed by atoms with Gasteiger partial charge in [0.1, 0.15) is 17.5 Å². The minimum Gasteiger partial charge on any atom is -0.508 e. The Hall–Kier alpha value is -3.03. The lowest BCUT2D eigenvalue weighted by molar-refractivity contribution is -0.188. The minimum atomic E-state index is -1.43. The third-order valence-electron chi connectivity index (χ3n) is 10.8. The molecule has 5 aliphatic carbocycles. The van der Waals surface area contributed by atoms with Gasteiger partial charge in [-0.25, -0.2) is 0 Å². The molecule has 1 saturated heterocycles. The molecule has 38 heavy (non-hydrogen) atoms. The molecule has 2 spiro atoms. The van der Waals surface area contributed by atoms with E-state index in [1.807, 2.05) is 12.1 Å². The van der Waals surface area contributed by atoms with E-state index in [1.165, 1.54) is 18.4 Å². The quantitative estimate of drug-likeness (QED) is 0.567. The van der Waals surface area contributed by atoms with Gasteiger partial charge in [-0.2, -0.15) is 0 Å². The molecule has 7 nitrogen and oxygen atoms in total. The van der Waals surface area contributed by atoms with Crippen molar-refractivity contribution in [2.45, 2.75) is 68.2 Å². The van der Waals surface area contributed by atoms with Crippen LogP contribution in [0.2, 0.25) is 0 Å². The van der Waals surface area contributed by atoms with Gasteiger partial charge in [0, 0.05) is 42.7 Å². The number of aliphatic hydroxyl groups is 1. The number of likely N-dealkylation sites (tertiary alicyclic amines) is 1. The highest BCUT2D eigenvalue weighted by Crippen LogP contribution is 2.74. The number of phenolic OH excluding ortho intramolecular Hbond substituents is 2. The molecule has 0 unspecified atom stereocenters. The molecule has 3 fully saturated rings. The van der Waals surface area contributed by atoms with Crippen molar-refractivity contribution in [2.24, 2.45) is 11.3 Å². The fraction of sp³-hybridized carbons (Fsp3) is 0.516. The summed E-state index contributed by atoms with van der Waals surface area (Å²) < 4.78 is 6.60. The number of hydrogen-bond donors (Lipinski definition) is 3.